The zero-order valence-corrected chi connectivity index (χ0v) is 12.6. The number of hydrogen-bond donors (Lipinski definition) is 0. The standard InChI is InChI=1S/C18H19FO2/c1-12-8-13(2)18(14(3)9-12)21-11-16(20)10-15-6-4-5-7-17(15)19/h4-9H,10-11H2,1-3H3. The number of halogens is 1. The van der Waals surface area contributed by atoms with Crippen molar-refractivity contribution >= 4 is 5.78 Å². The molecule has 0 fully saturated rings. The van der Waals surface area contributed by atoms with Gasteiger partial charge in [-0.1, -0.05) is 35.9 Å². The number of ketones is 1. The Morgan fingerprint density at radius 3 is 2.33 bits per heavy atom. The van der Waals surface area contributed by atoms with Crippen molar-refractivity contribution in [2.24, 2.45) is 0 Å². The fourth-order valence-corrected chi connectivity index (χ4v) is 2.45. The summed E-state index contributed by atoms with van der Waals surface area (Å²) < 4.78 is 19.1. The van der Waals surface area contributed by atoms with Crippen molar-refractivity contribution in [1.82, 2.24) is 0 Å². The average Bonchev–Trinajstić information content (AvgIpc) is 2.40. The largest absolute Gasteiger partial charge is 0.485 e. The van der Waals surface area contributed by atoms with E-state index in [0.29, 0.717) is 5.56 Å². The van der Waals surface area contributed by atoms with Crippen LogP contribution in [0.25, 0.3) is 0 Å². The van der Waals surface area contributed by atoms with Gasteiger partial charge in [-0.3, -0.25) is 4.79 Å². The maximum absolute atomic E-state index is 13.5. The van der Waals surface area contributed by atoms with Crippen LogP contribution >= 0.6 is 0 Å². The van der Waals surface area contributed by atoms with Gasteiger partial charge in [0.2, 0.25) is 0 Å². The van der Waals surface area contributed by atoms with Gasteiger partial charge < -0.3 is 4.74 Å². The molecule has 0 spiro atoms. The molecule has 21 heavy (non-hydrogen) atoms. The smallest absolute Gasteiger partial charge is 0.174 e. The summed E-state index contributed by atoms with van der Waals surface area (Å²) in [6, 6.07) is 10.3. The summed E-state index contributed by atoms with van der Waals surface area (Å²) in [7, 11) is 0. The van der Waals surface area contributed by atoms with Crippen LogP contribution in [0.2, 0.25) is 0 Å². The first-order chi connectivity index (χ1) is 9.97. The second kappa shape index (κ2) is 6.53. The molecule has 2 rings (SSSR count). The molecule has 0 N–H and O–H groups in total. The highest BCUT2D eigenvalue weighted by Gasteiger charge is 2.11. The Morgan fingerprint density at radius 2 is 1.71 bits per heavy atom. The molecule has 0 saturated carbocycles. The van der Waals surface area contributed by atoms with E-state index in [4.69, 9.17) is 4.74 Å². The first-order valence-corrected chi connectivity index (χ1v) is 6.93. The molecule has 0 unspecified atom stereocenters. The summed E-state index contributed by atoms with van der Waals surface area (Å²) in [6.07, 6.45) is 0.0522. The third-order valence-electron chi connectivity index (χ3n) is 3.33. The fraction of sp³-hybridized carbons (Fsp3) is 0.278. The monoisotopic (exact) mass is 286 g/mol. The van der Waals surface area contributed by atoms with Crippen LogP contribution in [0, 0.1) is 26.6 Å². The van der Waals surface area contributed by atoms with Crippen molar-refractivity contribution in [2.75, 3.05) is 6.61 Å². The van der Waals surface area contributed by atoms with Crippen LogP contribution in [-0.4, -0.2) is 12.4 Å². The van der Waals surface area contributed by atoms with E-state index >= 15 is 0 Å². The van der Waals surface area contributed by atoms with Crippen molar-refractivity contribution in [3.63, 3.8) is 0 Å². The van der Waals surface area contributed by atoms with Gasteiger partial charge in [0.25, 0.3) is 0 Å². The Morgan fingerprint density at radius 1 is 1.10 bits per heavy atom. The van der Waals surface area contributed by atoms with Gasteiger partial charge in [-0.15, -0.1) is 0 Å². The van der Waals surface area contributed by atoms with Gasteiger partial charge in [0.1, 0.15) is 18.2 Å². The lowest BCUT2D eigenvalue weighted by Gasteiger charge is -2.12. The summed E-state index contributed by atoms with van der Waals surface area (Å²) in [5, 5.41) is 0. The Hall–Kier alpha value is -2.16. The SMILES string of the molecule is Cc1cc(C)c(OCC(=O)Cc2ccccc2F)c(C)c1. The zero-order valence-electron chi connectivity index (χ0n) is 12.6. The minimum Gasteiger partial charge on any atom is -0.485 e. The molecule has 0 bridgehead atoms. The van der Waals surface area contributed by atoms with Crippen LogP contribution in [0.15, 0.2) is 36.4 Å². The number of rotatable bonds is 5. The number of benzene rings is 2. The molecule has 0 atom stereocenters. The Labute approximate surface area is 124 Å². The van der Waals surface area contributed by atoms with Crippen LogP contribution in [0.1, 0.15) is 22.3 Å². The number of carbonyl (C=O) groups excluding carboxylic acids is 1. The van der Waals surface area contributed by atoms with Crippen LogP contribution < -0.4 is 4.74 Å². The van der Waals surface area contributed by atoms with Gasteiger partial charge in [0.15, 0.2) is 5.78 Å². The van der Waals surface area contributed by atoms with Crippen molar-refractivity contribution < 1.29 is 13.9 Å². The molecule has 110 valence electrons. The molecule has 0 radical (unpaired) electrons. The van der Waals surface area contributed by atoms with Crippen LogP contribution in [0.4, 0.5) is 4.39 Å². The molecular weight excluding hydrogens is 267 g/mol. The van der Waals surface area contributed by atoms with Crippen LogP contribution in [0.5, 0.6) is 5.75 Å². The molecule has 0 aliphatic rings. The van der Waals surface area contributed by atoms with Gasteiger partial charge in [-0.25, -0.2) is 4.39 Å². The number of carbonyl (C=O) groups is 1. The third-order valence-corrected chi connectivity index (χ3v) is 3.33. The Bertz CT molecular complexity index is 639. The van der Waals surface area contributed by atoms with Gasteiger partial charge in [0.05, 0.1) is 0 Å². The maximum atomic E-state index is 13.5. The Balaban J connectivity index is 2.01. The molecule has 0 amide bonds. The van der Waals surface area contributed by atoms with Crippen molar-refractivity contribution in [3.05, 3.63) is 64.5 Å². The number of Topliss-reactive ketones (excluding diaryl/α,β-unsaturated/α-hetero) is 1. The molecule has 3 heteroatoms. The summed E-state index contributed by atoms with van der Waals surface area (Å²) in [5.41, 5.74) is 3.58. The summed E-state index contributed by atoms with van der Waals surface area (Å²) >= 11 is 0. The third kappa shape index (κ3) is 3.91. The van der Waals surface area contributed by atoms with Crippen molar-refractivity contribution in [2.45, 2.75) is 27.2 Å². The molecule has 0 aromatic heterocycles. The second-order valence-electron chi connectivity index (χ2n) is 5.32. The van der Waals surface area contributed by atoms with E-state index in [1.165, 1.54) is 6.07 Å². The minimum absolute atomic E-state index is 0.0426. The highest BCUT2D eigenvalue weighted by molar-refractivity contribution is 5.82. The lowest BCUT2D eigenvalue weighted by atomic mass is 10.1. The average molecular weight is 286 g/mol. The van der Waals surface area contributed by atoms with Gasteiger partial charge in [-0.05, 0) is 43.5 Å². The van der Waals surface area contributed by atoms with Crippen LogP contribution in [0.3, 0.4) is 0 Å². The molecule has 0 aliphatic carbocycles. The first kappa shape index (κ1) is 15.2. The van der Waals surface area contributed by atoms with Crippen molar-refractivity contribution in [1.29, 1.82) is 0 Å². The molecule has 0 heterocycles. The normalized spacial score (nSPS) is 10.5. The number of hydrogen-bond acceptors (Lipinski definition) is 2. The number of ether oxygens (including phenoxy) is 1. The first-order valence-electron chi connectivity index (χ1n) is 6.93. The van der Waals surface area contributed by atoms with E-state index in [0.717, 1.165) is 22.4 Å². The van der Waals surface area contributed by atoms with Gasteiger partial charge in [0, 0.05) is 6.42 Å². The zero-order chi connectivity index (χ0) is 15.4. The van der Waals surface area contributed by atoms with E-state index < -0.39 is 0 Å². The molecule has 2 nitrogen and oxygen atoms in total. The Kier molecular flexibility index (Phi) is 4.73. The van der Waals surface area contributed by atoms with Crippen LogP contribution in [-0.2, 0) is 11.2 Å². The number of aryl methyl sites for hydroxylation is 3. The summed E-state index contributed by atoms with van der Waals surface area (Å²) in [6.45, 7) is 5.89. The quantitative estimate of drug-likeness (QED) is 0.832. The maximum Gasteiger partial charge on any atom is 0.174 e. The lowest BCUT2D eigenvalue weighted by Crippen LogP contribution is -2.15. The van der Waals surface area contributed by atoms with E-state index in [1.54, 1.807) is 18.2 Å². The highest BCUT2D eigenvalue weighted by Crippen LogP contribution is 2.24. The summed E-state index contributed by atoms with van der Waals surface area (Å²) in [4.78, 5) is 11.9. The molecule has 2 aromatic carbocycles. The molecule has 0 aliphatic heterocycles. The molecule has 0 saturated heterocycles. The van der Waals surface area contributed by atoms with E-state index in [1.807, 2.05) is 32.9 Å². The van der Waals surface area contributed by atoms with Gasteiger partial charge >= 0.3 is 0 Å². The summed E-state index contributed by atoms with van der Waals surface area (Å²) in [5.74, 6) is 0.246. The second-order valence-corrected chi connectivity index (χ2v) is 5.32. The molecule has 2 aromatic rings. The van der Waals surface area contributed by atoms with Gasteiger partial charge in [-0.2, -0.15) is 0 Å². The molecular formula is C18H19FO2. The topological polar surface area (TPSA) is 26.3 Å². The van der Waals surface area contributed by atoms with Crippen molar-refractivity contribution in [3.8, 4) is 5.75 Å². The lowest BCUT2D eigenvalue weighted by molar-refractivity contribution is -0.120. The van der Waals surface area contributed by atoms with E-state index in [9.17, 15) is 9.18 Å². The fourth-order valence-electron chi connectivity index (χ4n) is 2.45. The van der Waals surface area contributed by atoms with E-state index in [2.05, 4.69) is 0 Å². The predicted octanol–water partition coefficient (Wildman–Crippen LogP) is 3.94. The minimum atomic E-state index is -0.353. The predicted molar refractivity (Wildman–Crippen MR) is 81.3 cm³/mol. The van der Waals surface area contributed by atoms with E-state index in [-0.39, 0.29) is 24.6 Å². The highest BCUT2D eigenvalue weighted by atomic mass is 19.1.